The van der Waals surface area contributed by atoms with Crippen LogP contribution < -0.4 is 5.32 Å². The first-order valence-electron chi connectivity index (χ1n) is 5.80. The molecule has 2 rings (SSSR count). The first-order valence-corrected chi connectivity index (χ1v) is 6.17. The molecule has 0 radical (unpaired) electrons. The van der Waals surface area contributed by atoms with Crippen LogP contribution in [0, 0.1) is 5.82 Å². The molecule has 0 saturated carbocycles. The summed E-state index contributed by atoms with van der Waals surface area (Å²) < 4.78 is 15.4. The Labute approximate surface area is 111 Å². The minimum absolute atomic E-state index is 0.316. The van der Waals surface area contributed by atoms with Crippen molar-refractivity contribution in [3.05, 3.63) is 47.0 Å². The summed E-state index contributed by atoms with van der Waals surface area (Å²) in [7, 11) is 0. The fourth-order valence-electron chi connectivity index (χ4n) is 1.60. The van der Waals surface area contributed by atoms with Crippen LogP contribution in [-0.2, 0) is 6.54 Å². The molecule has 18 heavy (non-hydrogen) atoms. The third-order valence-corrected chi connectivity index (χ3v) is 2.92. The van der Waals surface area contributed by atoms with E-state index in [1.807, 2.05) is 16.9 Å². The van der Waals surface area contributed by atoms with Gasteiger partial charge in [-0.25, -0.2) is 4.39 Å². The summed E-state index contributed by atoms with van der Waals surface area (Å²) in [5.41, 5.74) is 1.17. The molecule has 1 heterocycles. The Morgan fingerprint density at radius 1 is 1.39 bits per heavy atom. The van der Waals surface area contributed by atoms with Crippen LogP contribution in [0.15, 0.2) is 30.5 Å². The number of nitrogens with zero attached hydrogens (tertiary/aromatic N) is 2. The van der Waals surface area contributed by atoms with Crippen molar-refractivity contribution >= 4 is 17.3 Å². The fraction of sp³-hybridized carbons (Fsp3) is 0.308. The third kappa shape index (κ3) is 2.82. The predicted octanol–water partition coefficient (Wildman–Crippen LogP) is 3.87. The van der Waals surface area contributed by atoms with Crippen LogP contribution >= 0.6 is 11.6 Å². The number of para-hydroxylation sites is 1. The Morgan fingerprint density at radius 3 is 2.78 bits per heavy atom. The summed E-state index contributed by atoms with van der Waals surface area (Å²) in [6.07, 6.45) is 1.91. The van der Waals surface area contributed by atoms with E-state index < -0.39 is 0 Å². The third-order valence-electron chi connectivity index (χ3n) is 2.60. The van der Waals surface area contributed by atoms with Crippen molar-refractivity contribution < 1.29 is 4.39 Å². The minimum atomic E-state index is -0.356. The quantitative estimate of drug-likeness (QED) is 0.911. The summed E-state index contributed by atoms with van der Waals surface area (Å²) in [6, 6.07) is 6.83. The van der Waals surface area contributed by atoms with Crippen molar-refractivity contribution in [1.82, 2.24) is 9.78 Å². The van der Waals surface area contributed by atoms with Crippen molar-refractivity contribution in [2.45, 2.75) is 26.4 Å². The zero-order chi connectivity index (χ0) is 13.1. The van der Waals surface area contributed by atoms with Gasteiger partial charge in [0.25, 0.3) is 0 Å². The summed E-state index contributed by atoms with van der Waals surface area (Å²) in [5, 5.41) is 7.71. The standard InChI is InChI=1S/C13H15ClFN3/c1-9(2)18-7-6-10(17-18)8-16-13-11(14)4-3-5-12(13)15/h3-7,9,16H,8H2,1-2H3. The number of hydrogen-bond acceptors (Lipinski definition) is 2. The van der Waals surface area contributed by atoms with Gasteiger partial charge in [0, 0.05) is 12.2 Å². The van der Waals surface area contributed by atoms with E-state index in [2.05, 4.69) is 24.3 Å². The van der Waals surface area contributed by atoms with E-state index in [1.54, 1.807) is 12.1 Å². The van der Waals surface area contributed by atoms with Gasteiger partial charge in [-0.15, -0.1) is 0 Å². The summed E-state index contributed by atoms with van der Waals surface area (Å²) in [6.45, 7) is 4.55. The van der Waals surface area contributed by atoms with Crippen LogP contribution in [0.1, 0.15) is 25.6 Å². The zero-order valence-corrected chi connectivity index (χ0v) is 11.1. The highest BCUT2D eigenvalue weighted by Gasteiger charge is 2.07. The Morgan fingerprint density at radius 2 is 2.17 bits per heavy atom. The largest absolute Gasteiger partial charge is 0.376 e. The fourth-order valence-corrected chi connectivity index (χ4v) is 1.83. The van der Waals surface area contributed by atoms with Crippen LogP contribution in [0.25, 0.3) is 0 Å². The van der Waals surface area contributed by atoms with E-state index in [9.17, 15) is 4.39 Å². The Balaban J connectivity index is 2.07. The van der Waals surface area contributed by atoms with Crippen LogP contribution in [0.4, 0.5) is 10.1 Å². The molecule has 1 aromatic heterocycles. The highest BCUT2D eigenvalue weighted by molar-refractivity contribution is 6.33. The monoisotopic (exact) mass is 267 g/mol. The van der Waals surface area contributed by atoms with Gasteiger partial charge in [0.2, 0.25) is 0 Å². The molecule has 0 spiro atoms. The second-order valence-electron chi connectivity index (χ2n) is 4.33. The Bertz CT molecular complexity index is 517. The van der Waals surface area contributed by atoms with Crippen LogP contribution in [0.5, 0.6) is 0 Å². The van der Waals surface area contributed by atoms with E-state index >= 15 is 0 Å². The summed E-state index contributed by atoms with van der Waals surface area (Å²) in [5.74, 6) is -0.356. The van der Waals surface area contributed by atoms with E-state index in [0.29, 0.717) is 23.3 Å². The molecule has 0 aliphatic heterocycles. The van der Waals surface area contributed by atoms with Gasteiger partial charge in [0.15, 0.2) is 0 Å². The molecular formula is C13H15ClFN3. The molecule has 0 unspecified atom stereocenters. The number of benzene rings is 1. The average molecular weight is 268 g/mol. The lowest BCUT2D eigenvalue weighted by molar-refractivity contribution is 0.527. The molecule has 3 nitrogen and oxygen atoms in total. The van der Waals surface area contributed by atoms with E-state index in [1.165, 1.54) is 6.07 Å². The molecule has 2 aromatic rings. The second-order valence-corrected chi connectivity index (χ2v) is 4.74. The Kier molecular flexibility index (Phi) is 3.87. The lowest BCUT2D eigenvalue weighted by Gasteiger charge is -2.08. The molecule has 0 saturated heterocycles. The van der Waals surface area contributed by atoms with Gasteiger partial charge in [-0.1, -0.05) is 17.7 Å². The van der Waals surface area contributed by atoms with Gasteiger partial charge < -0.3 is 5.32 Å². The molecule has 1 aromatic carbocycles. The van der Waals surface area contributed by atoms with Gasteiger partial charge in [-0.2, -0.15) is 5.10 Å². The van der Waals surface area contributed by atoms with Crippen molar-refractivity contribution in [2.75, 3.05) is 5.32 Å². The lowest BCUT2D eigenvalue weighted by atomic mass is 10.3. The van der Waals surface area contributed by atoms with E-state index in [4.69, 9.17) is 11.6 Å². The number of nitrogens with one attached hydrogen (secondary N) is 1. The number of halogens is 2. The zero-order valence-electron chi connectivity index (χ0n) is 10.3. The molecule has 0 aliphatic rings. The molecule has 0 bridgehead atoms. The van der Waals surface area contributed by atoms with E-state index in [0.717, 1.165) is 5.69 Å². The van der Waals surface area contributed by atoms with Crippen molar-refractivity contribution in [1.29, 1.82) is 0 Å². The van der Waals surface area contributed by atoms with Crippen molar-refractivity contribution in [2.24, 2.45) is 0 Å². The lowest BCUT2D eigenvalue weighted by Crippen LogP contribution is -2.05. The summed E-state index contributed by atoms with van der Waals surface area (Å²) in [4.78, 5) is 0. The van der Waals surface area contributed by atoms with Gasteiger partial charge >= 0.3 is 0 Å². The predicted molar refractivity (Wildman–Crippen MR) is 71.3 cm³/mol. The average Bonchev–Trinajstić information content (AvgIpc) is 2.77. The highest BCUT2D eigenvalue weighted by Crippen LogP contribution is 2.24. The number of rotatable bonds is 4. The van der Waals surface area contributed by atoms with Gasteiger partial charge in [-0.05, 0) is 32.0 Å². The molecule has 1 N–H and O–H groups in total. The molecule has 0 aliphatic carbocycles. The van der Waals surface area contributed by atoms with Crippen molar-refractivity contribution in [3.8, 4) is 0 Å². The van der Waals surface area contributed by atoms with Crippen LogP contribution in [0.3, 0.4) is 0 Å². The normalized spacial score (nSPS) is 10.9. The molecular weight excluding hydrogens is 253 g/mol. The smallest absolute Gasteiger partial charge is 0.147 e. The van der Waals surface area contributed by atoms with Gasteiger partial charge in [0.1, 0.15) is 5.82 Å². The van der Waals surface area contributed by atoms with E-state index in [-0.39, 0.29) is 5.82 Å². The molecule has 0 fully saturated rings. The van der Waals surface area contributed by atoms with Gasteiger partial charge in [0.05, 0.1) is 22.9 Å². The SMILES string of the molecule is CC(C)n1ccc(CNc2c(F)cccc2Cl)n1. The first-order chi connectivity index (χ1) is 8.58. The highest BCUT2D eigenvalue weighted by atomic mass is 35.5. The molecule has 96 valence electrons. The maximum atomic E-state index is 13.5. The minimum Gasteiger partial charge on any atom is -0.376 e. The first kappa shape index (κ1) is 12.9. The topological polar surface area (TPSA) is 29.9 Å². The van der Waals surface area contributed by atoms with Crippen LogP contribution in [-0.4, -0.2) is 9.78 Å². The van der Waals surface area contributed by atoms with Crippen molar-refractivity contribution in [3.63, 3.8) is 0 Å². The number of hydrogen-bond donors (Lipinski definition) is 1. The van der Waals surface area contributed by atoms with Crippen LogP contribution in [0.2, 0.25) is 5.02 Å². The second kappa shape index (κ2) is 5.40. The molecule has 0 atom stereocenters. The maximum absolute atomic E-state index is 13.5. The Hall–Kier alpha value is -1.55. The molecule has 0 amide bonds. The number of aromatic nitrogens is 2. The van der Waals surface area contributed by atoms with Gasteiger partial charge in [-0.3, -0.25) is 4.68 Å². The molecule has 5 heteroatoms. The summed E-state index contributed by atoms with van der Waals surface area (Å²) >= 11 is 5.92. The number of anilines is 1. The maximum Gasteiger partial charge on any atom is 0.147 e.